The van der Waals surface area contributed by atoms with Gasteiger partial charge in [-0.25, -0.2) is 0 Å². The summed E-state index contributed by atoms with van der Waals surface area (Å²) in [7, 11) is 0. The Morgan fingerprint density at radius 2 is 1.72 bits per heavy atom. The minimum absolute atomic E-state index is 0.114. The van der Waals surface area contributed by atoms with E-state index in [0.717, 1.165) is 0 Å². The largest absolute Gasteiger partial charge is 0.507 e. The number of phenols is 1. The smallest absolute Gasteiger partial charge is 0.124 e. The van der Waals surface area contributed by atoms with E-state index in [-0.39, 0.29) is 5.75 Å². The first-order valence-electron chi connectivity index (χ1n) is 5.04. The average molecular weight is 301 g/mol. The van der Waals surface area contributed by atoms with Crippen molar-refractivity contribution in [2.24, 2.45) is 4.99 Å². The van der Waals surface area contributed by atoms with Crippen LogP contribution in [0.1, 0.15) is 5.56 Å². The van der Waals surface area contributed by atoms with Gasteiger partial charge in [0.25, 0.3) is 0 Å². The van der Waals surface area contributed by atoms with Crippen LogP contribution in [0, 0.1) is 0 Å². The maximum absolute atomic E-state index is 9.61. The van der Waals surface area contributed by atoms with Crippen molar-refractivity contribution < 1.29 is 5.11 Å². The Morgan fingerprint density at radius 3 is 2.44 bits per heavy atom. The first-order valence-corrected chi connectivity index (χ1v) is 6.17. The summed E-state index contributed by atoms with van der Waals surface area (Å²) in [5.74, 6) is 0.114. The van der Waals surface area contributed by atoms with Crippen LogP contribution in [0.25, 0.3) is 0 Å². The van der Waals surface area contributed by atoms with Crippen LogP contribution in [-0.2, 0) is 0 Å². The molecule has 0 heterocycles. The third-order valence-electron chi connectivity index (χ3n) is 2.25. The van der Waals surface area contributed by atoms with Crippen molar-refractivity contribution in [2.45, 2.75) is 0 Å². The molecule has 2 nitrogen and oxygen atoms in total. The number of phenolic OH excluding ortho intramolecular Hbond substituents is 1. The molecule has 2 rings (SSSR count). The highest BCUT2D eigenvalue weighted by Crippen LogP contribution is 2.27. The van der Waals surface area contributed by atoms with Gasteiger partial charge in [-0.2, -0.15) is 0 Å². The minimum atomic E-state index is 0.114. The topological polar surface area (TPSA) is 32.6 Å². The molecule has 0 spiro atoms. The molecule has 0 saturated heterocycles. The summed E-state index contributed by atoms with van der Waals surface area (Å²) < 4.78 is 0. The van der Waals surface area contributed by atoms with Crippen LogP contribution in [0.2, 0.25) is 15.1 Å². The summed E-state index contributed by atoms with van der Waals surface area (Å²) in [6, 6.07) is 9.77. The molecule has 92 valence electrons. The number of rotatable bonds is 2. The second-order valence-electron chi connectivity index (χ2n) is 3.56. The van der Waals surface area contributed by atoms with E-state index in [1.165, 1.54) is 12.3 Å². The zero-order valence-electron chi connectivity index (χ0n) is 9.07. The van der Waals surface area contributed by atoms with Crippen LogP contribution in [0.5, 0.6) is 5.75 Å². The van der Waals surface area contributed by atoms with E-state index < -0.39 is 0 Å². The third kappa shape index (κ3) is 3.16. The predicted octanol–water partition coefficient (Wildman–Crippen LogP) is 5.10. The Hall–Kier alpha value is -1.22. The van der Waals surface area contributed by atoms with Gasteiger partial charge >= 0.3 is 0 Å². The maximum Gasteiger partial charge on any atom is 0.124 e. The van der Waals surface area contributed by atoms with Crippen LogP contribution in [-0.4, -0.2) is 11.3 Å². The molecule has 0 aromatic heterocycles. The molecule has 0 radical (unpaired) electrons. The van der Waals surface area contributed by atoms with Crippen LogP contribution >= 0.6 is 34.8 Å². The molecular formula is C13H8Cl3NO. The molecule has 0 aliphatic rings. The van der Waals surface area contributed by atoms with Crippen molar-refractivity contribution in [3.8, 4) is 5.75 Å². The van der Waals surface area contributed by atoms with Crippen molar-refractivity contribution >= 4 is 46.7 Å². The van der Waals surface area contributed by atoms with Crippen molar-refractivity contribution in [3.05, 3.63) is 57.0 Å². The maximum atomic E-state index is 9.61. The van der Waals surface area contributed by atoms with E-state index in [1.807, 2.05) is 0 Å². The average Bonchev–Trinajstić information content (AvgIpc) is 2.34. The van der Waals surface area contributed by atoms with Crippen molar-refractivity contribution in [1.82, 2.24) is 0 Å². The summed E-state index contributed by atoms with van der Waals surface area (Å²) in [5.41, 5.74) is 1.18. The first kappa shape index (κ1) is 13.2. The van der Waals surface area contributed by atoms with E-state index >= 15 is 0 Å². The van der Waals surface area contributed by atoms with Gasteiger partial charge in [-0.3, -0.25) is 4.99 Å². The van der Waals surface area contributed by atoms with E-state index in [0.29, 0.717) is 26.3 Å². The molecule has 0 saturated carbocycles. The molecule has 0 atom stereocenters. The van der Waals surface area contributed by atoms with Gasteiger partial charge in [0.1, 0.15) is 5.75 Å². The SMILES string of the molecule is Oc1ccc(Cl)cc1C=Nc1ccc(Cl)c(Cl)c1. The number of hydrogen-bond acceptors (Lipinski definition) is 2. The fourth-order valence-corrected chi connectivity index (χ4v) is 1.81. The van der Waals surface area contributed by atoms with Crippen LogP contribution < -0.4 is 0 Å². The molecule has 0 aliphatic carbocycles. The zero-order valence-corrected chi connectivity index (χ0v) is 11.3. The Bertz CT molecular complexity index is 611. The van der Waals surface area contributed by atoms with Gasteiger partial charge in [-0.15, -0.1) is 0 Å². The number of aliphatic imine (C=N–C) groups is 1. The molecule has 0 bridgehead atoms. The van der Waals surface area contributed by atoms with Gasteiger partial charge in [0.05, 0.1) is 15.7 Å². The molecule has 1 N–H and O–H groups in total. The standard InChI is InChI=1S/C13H8Cl3NO/c14-9-1-4-13(18)8(5-9)7-17-10-2-3-11(15)12(16)6-10/h1-7,18H. The summed E-state index contributed by atoms with van der Waals surface area (Å²) in [5, 5.41) is 11.1. The Morgan fingerprint density at radius 1 is 0.944 bits per heavy atom. The Balaban J connectivity index is 2.29. The minimum Gasteiger partial charge on any atom is -0.507 e. The van der Waals surface area contributed by atoms with E-state index in [4.69, 9.17) is 34.8 Å². The van der Waals surface area contributed by atoms with Gasteiger partial charge in [0.15, 0.2) is 0 Å². The van der Waals surface area contributed by atoms with Gasteiger partial charge in [-0.1, -0.05) is 34.8 Å². The predicted molar refractivity (Wildman–Crippen MR) is 76.8 cm³/mol. The Kier molecular flexibility index (Phi) is 4.12. The molecule has 0 unspecified atom stereocenters. The lowest BCUT2D eigenvalue weighted by Crippen LogP contribution is -1.82. The second-order valence-corrected chi connectivity index (χ2v) is 4.81. The summed E-state index contributed by atoms with van der Waals surface area (Å²) in [6.07, 6.45) is 1.51. The molecule has 2 aromatic carbocycles. The van der Waals surface area contributed by atoms with Gasteiger partial charge in [0, 0.05) is 16.8 Å². The van der Waals surface area contributed by atoms with E-state index in [1.54, 1.807) is 30.3 Å². The van der Waals surface area contributed by atoms with Crippen molar-refractivity contribution in [2.75, 3.05) is 0 Å². The molecule has 0 aliphatic heterocycles. The lowest BCUT2D eigenvalue weighted by atomic mass is 10.2. The molecule has 0 fully saturated rings. The molecule has 0 amide bonds. The van der Waals surface area contributed by atoms with E-state index in [2.05, 4.69) is 4.99 Å². The third-order valence-corrected chi connectivity index (χ3v) is 3.22. The first-order chi connectivity index (χ1) is 8.56. The fraction of sp³-hybridized carbons (Fsp3) is 0. The van der Waals surface area contributed by atoms with Crippen LogP contribution in [0.15, 0.2) is 41.4 Å². The molecule has 5 heteroatoms. The molecule has 18 heavy (non-hydrogen) atoms. The monoisotopic (exact) mass is 299 g/mol. The number of benzene rings is 2. The lowest BCUT2D eigenvalue weighted by molar-refractivity contribution is 0.474. The number of hydrogen-bond donors (Lipinski definition) is 1. The Labute approximate surface area is 119 Å². The van der Waals surface area contributed by atoms with Crippen LogP contribution in [0.4, 0.5) is 5.69 Å². The summed E-state index contributed by atoms with van der Waals surface area (Å²) in [6.45, 7) is 0. The summed E-state index contributed by atoms with van der Waals surface area (Å²) >= 11 is 17.5. The fourth-order valence-electron chi connectivity index (χ4n) is 1.34. The second kappa shape index (κ2) is 5.61. The number of nitrogens with zero attached hydrogens (tertiary/aromatic N) is 1. The quantitative estimate of drug-likeness (QED) is 0.769. The van der Waals surface area contributed by atoms with Crippen LogP contribution in [0.3, 0.4) is 0 Å². The van der Waals surface area contributed by atoms with E-state index in [9.17, 15) is 5.11 Å². The highest BCUT2D eigenvalue weighted by molar-refractivity contribution is 6.42. The van der Waals surface area contributed by atoms with Gasteiger partial charge < -0.3 is 5.11 Å². The highest BCUT2D eigenvalue weighted by Gasteiger charge is 2.00. The normalized spacial score (nSPS) is 11.1. The number of halogens is 3. The van der Waals surface area contributed by atoms with Crippen molar-refractivity contribution in [3.63, 3.8) is 0 Å². The zero-order chi connectivity index (χ0) is 13.1. The molecular weight excluding hydrogens is 293 g/mol. The number of aromatic hydroxyl groups is 1. The van der Waals surface area contributed by atoms with Crippen molar-refractivity contribution in [1.29, 1.82) is 0 Å². The lowest BCUT2D eigenvalue weighted by Gasteiger charge is -2.00. The highest BCUT2D eigenvalue weighted by atomic mass is 35.5. The molecule has 2 aromatic rings. The van der Waals surface area contributed by atoms with Gasteiger partial charge in [-0.05, 0) is 36.4 Å². The summed E-state index contributed by atoms with van der Waals surface area (Å²) in [4.78, 5) is 4.19. The van der Waals surface area contributed by atoms with Gasteiger partial charge in [0.2, 0.25) is 0 Å².